The predicted octanol–water partition coefficient (Wildman–Crippen LogP) is 3.29. The predicted molar refractivity (Wildman–Crippen MR) is 123 cm³/mol. The number of ether oxygens (including phenoxy) is 2. The molecule has 3 amide bonds. The van der Waals surface area contributed by atoms with Crippen LogP contribution >= 0.6 is 0 Å². The van der Waals surface area contributed by atoms with Gasteiger partial charge in [0, 0.05) is 6.54 Å². The first-order valence-electron chi connectivity index (χ1n) is 11.5. The Bertz CT molecular complexity index is 727. The van der Waals surface area contributed by atoms with Gasteiger partial charge in [-0.1, -0.05) is 20.3 Å². The van der Waals surface area contributed by atoms with Crippen LogP contribution in [0.2, 0.25) is 0 Å². The number of carboxylic acid groups (broad SMARTS) is 1. The highest BCUT2D eigenvalue weighted by atomic mass is 16.6. The summed E-state index contributed by atoms with van der Waals surface area (Å²) in [5.41, 5.74) is -3.23. The molecule has 0 saturated carbocycles. The molecule has 3 N–H and O–H groups in total. The van der Waals surface area contributed by atoms with Crippen molar-refractivity contribution in [2.24, 2.45) is 5.92 Å². The van der Waals surface area contributed by atoms with E-state index in [4.69, 9.17) is 9.47 Å². The molecule has 1 heterocycles. The number of hydrogen-bond donors (Lipinski definition) is 3. The Balaban J connectivity index is 3.15. The van der Waals surface area contributed by atoms with Crippen LogP contribution in [0, 0.1) is 5.92 Å². The summed E-state index contributed by atoms with van der Waals surface area (Å²) >= 11 is 0. The highest BCUT2D eigenvalue weighted by Crippen LogP contribution is 2.24. The van der Waals surface area contributed by atoms with Gasteiger partial charge >= 0.3 is 18.2 Å². The molecule has 2 unspecified atom stereocenters. The van der Waals surface area contributed by atoms with Crippen LogP contribution in [0.25, 0.3) is 0 Å². The van der Waals surface area contributed by atoms with Crippen molar-refractivity contribution in [3.63, 3.8) is 0 Å². The fourth-order valence-corrected chi connectivity index (χ4v) is 3.54. The molecule has 33 heavy (non-hydrogen) atoms. The molecule has 0 aromatic rings. The normalized spacial score (nSPS) is 21.3. The second-order valence-electron chi connectivity index (χ2n) is 10.7. The van der Waals surface area contributed by atoms with Gasteiger partial charge in [-0.2, -0.15) is 0 Å². The Morgan fingerprint density at radius 1 is 1.00 bits per heavy atom. The average Bonchev–Trinajstić information content (AvgIpc) is 2.85. The number of hydrogen-bond acceptors (Lipinski definition) is 6. The fraction of sp³-hybridized carbons (Fsp3) is 0.826. The first-order chi connectivity index (χ1) is 15.0. The van der Waals surface area contributed by atoms with E-state index in [0.717, 1.165) is 0 Å². The summed E-state index contributed by atoms with van der Waals surface area (Å²) in [7, 11) is 0. The molecule has 1 rings (SSSR count). The van der Waals surface area contributed by atoms with Crippen LogP contribution in [0.1, 0.15) is 81.1 Å². The Morgan fingerprint density at radius 2 is 1.55 bits per heavy atom. The molecule has 1 aliphatic rings. The van der Waals surface area contributed by atoms with Gasteiger partial charge in [0.15, 0.2) is 5.54 Å². The van der Waals surface area contributed by atoms with Crippen molar-refractivity contribution in [1.29, 1.82) is 0 Å². The molecule has 0 aliphatic carbocycles. The molecule has 190 valence electrons. The van der Waals surface area contributed by atoms with Crippen molar-refractivity contribution in [2.75, 3.05) is 13.1 Å². The summed E-state index contributed by atoms with van der Waals surface area (Å²) in [5, 5.41) is 15.2. The fourth-order valence-electron chi connectivity index (χ4n) is 3.54. The maximum atomic E-state index is 13.5. The van der Waals surface area contributed by atoms with E-state index in [9.17, 15) is 24.3 Å². The number of rotatable bonds is 6. The van der Waals surface area contributed by atoms with Crippen LogP contribution in [0.4, 0.5) is 9.59 Å². The van der Waals surface area contributed by atoms with Gasteiger partial charge in [0.2, 0.25) is 5.91 Å². The van der Waals surface area contributed by atoms with Crippen LogP contribution in [0.3, 0.4) is 0 Å². The van der Waals surface area contributed by atoms with Gasteiger partial charge in [-0.15, -0.1) is 0 Å². The van der Waals surface area contributed by atoms with E-state index in [1.54, 1.807) is 41.5 Å². The summed E-state index contributed by atoms with van der Waals surface area (Å²) in [6, 6.07) is -0.893. The number of nitrogens with zero attached hydrogens (tertiary/aromatic N) is 1. The molecule has 0 aromatic carbocycles. The number of alkyl carbamates (subject to hydrolysis) is 2. The zero-order chi connectivity index (χ0) is 25.6. The molecule has 0 spiro atoms. The maximum Gasteiger partial charge on any atom is 0.408 e. The van der Waals surface area contributed by atoms with E-state index in [1.165, 1.54) is 4.90 Å². The van der Waals surface area contributed by atoms with Gasteiger partial charge in [0.1, 0.15) is 17.2 Å². The molecule has 0 aromatic heterocycles. The minimum Gasteiger partial charge on any atom is -0.479 e. The van der Waals surface area contributed by atoms with Gasteiger partial charge in [-0.25, -0.2) is 14.4 Å². The standard InChI is InChI=1S/C23H41N3O7/c1-9-15(2)16(24-19(30)32-21(3,4)5)17(27)26-13-11-10-12-23(14-26,18(28)29)25-20(31)33-22(6,7)8/h15-16H,9-14H2,1-8H3,(H,24,30)(H,25,31)(H,28,29)/t15?,16?,23-/m1/s1. The van der Waals surface area contributed by atoms with E-state index in [-0.39, 0.29) is 18.9 Å². The van der Waals surface area contributed by atoms with Crippen molar-refractivity contribution in [3.8, 4) is 0 Å². The van der Waals surface area contributed by atoms with Crippen LogP contribution in [-0.2, 0) is 19.1 Å². The number of likely N-dealkylation sites (tertiary alicyclic amines) is 1. The van der Waals surface area contributed by atoms with Crippen LogP contribution in [0.15, 0.2) is 0 Å². The number of amides is 3. The summed E-state index contributed by atoms with van der Waals surface area (Å²) in [5.74, 6) is -1.87. The van der Waals surface area contributed by atoms with Gasteiger partial charge in [0.25, 0.3) is 0 Å². The monoisotopic (exact) mass is 471 g/mol. The van der Waals surface area contributed by atoms with Crippen molar-refractivity contribution in [2.45, 2.75) is 104 Å². The third-order valence-corrected chi connectivity index (χ3v) is 5.35. The topological polar surface area (TPSA) is 134 Å². The molecule has 0 radical (unpaired) electrons. The molecular weight excluding hydrogens is 430 g/mol. The zero-order valence-electron chi connectivity index (χ0n) is 21.2. The van der Waals surface area contributed by atoms with E-state index in [2.05, 4.69) is 10.6 Å². The van der Waals surface area contributed by atoms with Crippen LogP contribution in [-0.4, -0.2) is 69.9 Å². The first kappa shape index (κ1) is 28.5. The number of nitrogens with one attached hydrogen (secondary N) is 2. The third kappa shape index (κ3) is 9.09. The summed E-state index contributed by atoms with van der Waals surface area (Å²) in [6.07, 6.45) is 0.256. The number of aliphatic carboxylic acids is 1. The molecule has 1 aliphatic heterocycles. The Morgan fingerprint density at radius 3 is 2.03 bits per heavy atom. The Kier molecular flexibility index (Phi) is 9.56. The van der Waals surface area contributed by atoms with E-state index < -0.39 is 46.8 Å². The van der Waals surface area contributed by atoms with Gasteiger partial charge in [-0.05, 0) is 66.7 Å². The second-order valence-corrected chi connectivity index (χ2v) is 10.7. The van der Waals surface area contributed by atoms with E-state index in [0.29, 0.717) is 25.8 Å². The number of carbonyl (C=O) groups excluding carboxylic acids is 3. The summed E-state index contributed by atoms with van der Waals surface area (Å²) < 4.78 is 10.6. The largest absolute Gasteiger partial charge is 0.479 e. The van der Waals surface area contributed by atoms with Crippen molar-refractivity contribution >= 4 is 24.1 Å². The summed E-state index contributed by atoms with van der Waals surface area (Å²) in [4.78, 5) is 52.0. The lowest BCUT2D eigenvalue weighted by Crippen LogP contribution is -2.63. The first-order valence-corrected chi connectivity index (χ1v) is 11.5. The molecule has 1 fully saturated rings. The molecule has 10 heteroatoms. The second kappa shape index (κ2) is 11.1. The zero-order valence-corrected chi connectivity index (χ0v) is 21.2. The van der Waals surface area contributed by atoms with Crippen molar-refractivity contribution in [1.82, 2.24) is 15.5 Å². The van der Waals surface area contributed by atoms with Crippen LogP contribution < -0.4 is 10.6 Å². The lowest BCUT2D eigenvalue weighted by atomic mass is 9.92. The minimum absolute atomic E-state index is 0.152. The smallest absolute Gasteiger partial charge is 0.408 e. The van der Waals surface area contributed by atoms with Gasteiger partial charge in [-0.3, -0.25) is 4.79 Å². The van der Waals surface area contributed by atoms with Crippen molar-refractivity contribution in [3.05, 3.63) is 0 Å². The molecule has 3 atom stereocenters. The molecule has 10 nitrogen and oxygen atoms in total. The molecule has 1 saturated heterocycles. The number of carboxylic acids is 1. The average molecular weight is 472 g/mol. The lowest BCUT2D eigenvalue weighted by Gasteiger charge is -2.36. The quantitative estimate of drug-likeness (QED) is 0.541. The van der Waals surface area contributed by atoms with Crippen LogP contribution in [0.5, 0.6) is 0 Å². The third-order valence-electron chi connectivity index (χ3n) is 5.35. The van der Waals surface area contributed by atoms with Gasteiger partial charge < -0.3 is 30.1 Å². The van der Waals surface area contributed by atoms with E-state index >= 15 is 0 Å². The Hall–Kier alpha value is -2.52. The lowest BCUT2D eigenvalue weighted by molar-refractivity contribution is -0.147. The SMILES string of the molecule is CCC(C)C(NC(=O)OC(C)(C)C)C(=O)N1CCCC[C@](NC(=O)OC(C)(C)C)(C(=O)O)C1. The molecule has 0 bridgehead atoms. The number of carbonyl (C=O) groups is 4. The van der Waals surface area contributed by atoms with Crippen molar-refractivity contribution < 1.29 is 33.8 Å². The highest BCUT2D eigenvalue weighted by molar-refractivity contribution is 5.89. The summed E-state index contributed by atoms with van der Waals surface area (Å²) in [6.45, 7) is 14.0. The van der Waals surface area contributed by atoms with Gasteiger partial charge in [0.05, 0.1) is 6.54 Å². The minimum atomic E-state index is -1.69. The Labute approximate surface area is 196 Å². The van der Waals surface area contributed by atoms with E-state index in [1.807, 2.05) is 13.8 Å². The highest BCUT2D eigenvalue weighted by Gasteiger charge is 2.46. The molecular formula is C23H41N3O7. The maximum absolute atomic E-state index is 13.5.